The van der Waals surface area contributed by atoms with Crippen molar-refractivity contribution in [3.8, 4) is 17.2 Å². The predicted molar refractivity (Wildman–Crippen MR) is 121 cm³/mol. The molecule has 3 rings (SSSR count). The van der Waals surface area contributed by atoms with Gasteiger partial charge >= 0.3 is 18.5 Å². The summed E-state index contributed by atoms with van der Waals surface area (Å²) < 4.78 is 87.4. The van der Waals surface area contributed by atoms with Crippen LogP contribution in [-0.2, 0) is 11.0 Å². The summed E-state index contributed by atoms with van der Waals surface area (Å²) in [5.74, 6) is -6.31. The number of oxazole rings is 1. The Balaban J connectivity index is 1.82. The number of aliphatic carboxylic acids is 1. The van der Waals surface area contributed by atoms with Crippen molar-refractivity contribution in [3.05, 3.63) is 60.0 Å². The van der Waals surface area contributed by atoms with Crippen LogP contribution in [0.4, 0.5) is 37.7 Å². The van der Waals surface area contributed by atoms with Crippen LogP contribution in [0.1, 0.15) is 29.6 Å². The first-order valence-corrected chi connectivity index (χ1v) is 10.6. The number of ether oxygens (including phenoxy) is 1. The molecule has 2 aromatic carbocycles. The van der Waals surface area contributed by atoms with Gasteiger partial charge in [0.2, 0.25) is 11.7 Å². The summed E-state index contributed by atoms with van der Waals surface area (Å²) in [7, 11) is 0. The van der Waals surface area contributed by atoms with E-state index in [1.54, 1.807) is 6.92 Å². The second-order valence-electron chi connectivity index (χ2n) is 7.80. The molecule has 0 spiro atoms. The number of amides is 1. The van der Waals surface area contributed by atoms with Crippen LogP contribution in [0.25, 0.3) is 11.5 Å². The summed E-state index contributed by atoms with van der Waals surface area (Å²) in [6.45, 7) is 1.63. The molecule has 0 aliphatic rings. The largest absolute Gasteiger partial charge is 0.573 e. The summed E-state index contributed by atoms with van der Waals surface area (Å²) in [6, 6.07) is 9.32. The van der Waals surface area contributed by atoms with Crippen molar-refractivity contribution in [1.29, 1.82) is 5.41 Å². The first kappa shape index (κ1) is 28.0. The molecule has 0 aliphatic carbocycles. The van der Waals surface area contributed by atoms with E-state index in [1.165, 1.54) is 30.3 Å². The van der Waals surface area contributed by atoms with Crippen molar-refractivity contribution < 1.29 is 50.2 Å². The predicted octanol–water partition coefficient (Wildman–Crippen LogP) is 5.81. The van der Waals surface area contributed by atoms with Gasteiger partial charge in [-0.2, -0.15) is 13.2 Å². The number of hydrogen-bond donors (Lipinski definition) is 4. The maximum Gasteiger partial charge on any atom is 0.573 e. The number of alkyl halides is 6. The van der Waals surface area contributed by atoms with Crippen LogP contribution >= 0.6 is 0 Å². The topological polar surface area (TPSA) is 138 Å². The number of carboxylic acids is 1. The summed E-state index contributed by atoms with van der Waals surface area (Å²) in [5.41, 5.74) is -1.76. The molecule has 0 saturated carbocycles. The molecule has 0 bridgehead atoms. The van der Waals surface area contributed by atoms with Gasteiger partial charge in [0.25, 0.3) is 5.91 Å². The van der Waals surface area contributed by atoms with Crippen molar-refractivity contribution >= 4 is 29.0 Å². The average Bonchev–Trinajstić information content (AvgIpc) is 3.26. The first-order valence-electron chi connectivity index (χ1n) is 10.6. The molecule has 0 unspecified atom stereocenters. The number of halogens is 6. The third-order valence-corrected chi connectivity index (χ3v) is 4.77. The molecule has 0 saturated heterocycles. The molecule has 1 aromatic heterocycles. The van der Waals surface area contributed by atoms with E-state index in [9.17, 15) is 35.9 Å². The number of hydrogen-bond acceptors (Lipinski definition) is 7. The molecule has 1 atom stereocenters. The van der Waals surface area contributed by atoms with E-state index >= 15 is 0 Å². The molecule has 0 radical (unpaired) electrons. The number of aromatic nitrogens is 1. The summed E-state index contributed by atoms with van der Waals surface area (Å²) in [5, 5.41) is 21.3. The van der Waals surface area contributed by atoms with Crippen LogP contribution in [0.15, 0.2) is 52.9 Å². The van der Waals surface area contributed by atoms with Crippen molar-refractivity contribution in [3.63, 3.8) is 0 Å². The Kier molecular flexibility index (Phi) is 7.98. The van der Waals surface area contributed by atoms with Gasteiger partial charge < -0.3 is 24.9 Å². The second kappa shape index (κ2) is 10.8. The van der Waals surface area contributed by atoms with Crippen molar-refractivity contribution in [2.75, 3.05) is 10.6 Å². The van der Waals surface area contributed by atoms with Gasteiger partial charge in [-0.05, 0) is 43.3 Å². The van der Waals surface area contributed by atoms with Gasteiger partial charge in [-0.25, -0.2) is 9.78 Å². The van der Waals surface area contributed by atoms with Crippen LogP contribution in [0.5, 0.6) is 5.75 Å². The number of nitrogens with one attached hydrogen (secondary N) is 3. The number of carbonyl (C=O) groups is 2. The summed E-state index contributed by atoms with van der Waals surface area (Å²) in [6.07, 6.45) is -10.4. The molecule has 38 heavy (non-hydrogen) atoms. The molecule has 0 aliphatic heterocycles. The molecule has 202 valence electrons. The molecule has 1 heterocycles. The summed E-state index contributed by atoms with van der Waals surface area (Å²) in [4.78, 5) is 26.9. The normalized spacial score (nSPS) is 12.5. The number of carbonyl (C=O) groups excluding carboxylic acids is 1. The lowest BCUT2D eigenvalue weighted by molar-refractivity contribution is -0.274. The van der Waals surface area contributed by atoms with Gasteiger partial charge in [0.1, 0.15) is 11.5 Å². The SMILES string of the molecule is C[C@@H](CC(=N)C(=O)O)Nc1ccc(NC(=O)c2nc(-c3ccccc3OC(F)(F)F)oc2C(F)(F)F)cc1. The Morgan fingerprint density at radius 2 is 1.66 bits per heavy atom. The van der Waals surface area contributed by atoms with Gasteiger partial charge in [0.15, 0.2) is 5.69 Å². The van der Waals surface area contributed by atoms with Crippen LogP contribution in [0.3, 0.4) is 0 Å². The van der Waals surface area contributed by atoms with Gasteiger partial charge in [0, 0.05) is 23.8 Å². The number of benzene rings is 2. The van der Waals surface area contributed by atoms with Crippen LogP contribution < -0.4 is 15.4 Å². The minimum absolute atomic E-state index is 0.0463. The zero-order chi connectivity index (χ0) is 28.3. The molecule has 4 N–H and O–H groups in total. The minimum Gasteiger partial charge on any atom is -0.477 e. The van der Waals surface area contributed by atoms with E-state index in [0.29, 0.717) is 5.69 Å². The van der Waals surface area contributed by atoms with Gasteiger partial charge in [-0.3, -0.25) is 10.2 Å². The quantitative estimate of drug-likeness (QED) is 0.197. The minimum atomic E-state index is -5.20. The van der Waals surface area contributed by atoms with Gasteiger partial charge in [0.05, 0.1) is 5.56 Å². The molecule has 1 amide bonds. The Hall–Kier alpha value is -4.56. The van der Waals surface area contributed by atoms with Gasteiger partial charge in [-0.15, -0.1) is 13.2 Å². The fraction of sp³-hybridized carbons (Fsp3) is 0.217. The van der Waals surface area contributed by atoms with E-state index < -0.39 is 64.8 Å². The molecule has 0 fully saturated rings. The van der Waals surface area contributed by atoms with Crippen molar-refractivity contribution in [2.45, 2.75) is 31.9 Å². The Bertz CT molecular complexity index is 1340. The van der Waals surface area contributed by atoms with E-state index in [-0.39, 0.29) is 12.1 Å². The smallest absolute Gasteiger partial charge is 0.477 e. The monoisotopic (exact) mass is 544 g/mol. The lowest BCUT2D eigenvalue weighted by Crippen LogP contribution is -2.23. The Labute approximate surface area is 209 Å². The standard InChI is InChI=1S/C23H18F6N4O5/c1-11(10-15(30)21(35)36)31-12-6-8-13(9-7-12)32-19(34)17-18(22(24,25)26)37-20(33-17)14-4-2-3-5-16(14)38-23(27,28)29/h2-9,11,30-31H,10H2,1H3,(H,32,34)(H,35,36)/t11-/m0/s1. The fourth-order valence-electron chi connectivity index (χ4n) is 3.21. The van der Waals surface area contributed by atoms with Gasteiger partial charge in [-0.1, -0.05) is 12.1 Å². The number of anilines is 2. The first-order chi connectivity index (χ1) is 17.6. The lowest BCUT2D eigenvalue weighted by atomic mass is 10.1. The highest BCUT2D eigenvalue weighted by atomic mass is 19.4. The zero-order valence-corrected chi connectivity index (χ0v) is 19.2. The van der Waals surface area contributed by atoms with Crippen LogP contribution in [0, 0.1) is 5.41 Å². The lowest BCUT2D eigenvalue weighted by Gasteiger charge is -2.15. The molecule has 3 aromatic rings. The average molecular weight is 544 g/mol. The van der Waals surface area contributed by atoms with Crippen LogP contribution in [-0.4, -0.2) is 40.1 Å². The van der Waals surface area contributed by atoms with E-state index in [2.05, 4.69) is 24.8 Å². The molecular weight excluding hydrogens is 526 g/mol. The highest BCUT2D eigenvalue weighted by Gasteiger charge is 2.42. The maximum atomic E-state index is 13.6. The highest BCUT2D eigenvalue weighted by Crippen LogP contribution is 2.39. The van der Waals surface area contributed by atoms with E-state index in [4.69, 9.17) is 10.5 Å². The zero-order valence-electron chi connectivity index (χ0n) is 19.2. The van der Waals surface area contributed by atoms with Crippen molar-refractivity contribution in [2.24, 2.45) is 0 Å². The number of para-hydroxylation sites is 1. The number of nitrogens with zero attached hydrogens (tertiary/aromatic N) is 1. The maximum absolute atomic E-state index is 13.6. The molecular formula is C23H18F6N4O5. The number of rotatable bonds is 9. The molecule has 9 nitrogen and oxygen atoms in total. The van der Waals surface area contributed by atoms with E-state index in [1.807, 2.05) is 0 Å². The highest BCUT2D eigenvalue weighted by molar-refractivity contribution is 6.34. The second-order valence-corrected chi connectivity index (χ2v) is 7.80. The third-order valence-electron chi connectivity index (χ3n) is 4.77. The Morgan fingerprint density at radius 3 is 2.24 bits per heavy atom. The fourth-order valence-corrected chi connectivity index (χ4v) is 3.21. The van der Waals surface area contributed by atoms with E-state index in [0.717, 1.165) is 18.2 Å². The van der Waals surface area contributed by atoms with Crippen molar-refractivity contribution in [1.82, 2.24) is 4.98 Å². The van der Waals surface area contributed by atoms with Crippen LogP contribution in [0.2, 0.25) is 0 Å². The Morgan fingerprint density at radius 1 is 1.05 bits per heavy atom. The number of carboxylic acid groups (broad SMARTS) is 1. The summed E-state index contributed by atoms with van der Waals surface area (Å²) >= 11 is 0. The third kappa shape index (κ3) is 7.24. The molecule has 15 heteroatoms.